The summed E-state index contributed by atoms with van der Waals surface area (Å²) >= 11 is 0. The summed E-state index contributed by atoms with van der Waals surface area (Å²) < 4.78 is 0. The van der Waals surface area contributed by atoms with Crippen LogP contribution in [0.4, 0.5) is 5.69 Å². The van der Waals surface area contributed by atoms with Gasteiger partial charge in [-0.3, -0.25) is 48.2 Å². The van der Waals surface area contributed by atoms with E-state index in [1.807, 2.05) is 38.1 Å². The van der Waals surface area contributed by atoms with Crippen LogP contribution in [0.5, 0.6) is 5.75 Å². The Hall–Kier alpha value is -7.29. The zero-order chi connectivity index (χ0) is 55.6. The molecule has 21 heteroatoms. The largest absolute Gasteiger partial charge is 0.508 e. The van der Waals surface area contributed by atoms with E-state index in [0.717, 1.165) is 30.0 Å². The Morgan fingerprint density at radius 2 is 1.42 bits per heavy atom. The van der Waals surface area contributed by atoms with Crippen molar-refractivity contribution in [2.75, 3.05) is 31.1 Å². The number of likely N-dealkylation sites (tertiary alicyclic amines) is 1. The third kappa shape index (κ3) is 15.0. The molecule has 77 heavy (non-hydrogen) atoms. The van der Waals surface area contributed by atoms with Gasteiger partial charge in [0.05, 0.1) is 13.2 Å². The van der Waals surface area contributed by atoms with Crippen molar-refractivity contribution in [3.63, 3.8) is 0 Å². The highest BCUT2D eigenvalue weighted by atomic mass is 16.3. The van der Waals surface area contributed by atoms with Crippen molar-refractivity contribution in [2.24, 2.45) is 51.3 Å². The Kier molecular flexibility index (Phi) is 19.2. The second-order valence-electron chi connectivity index (χ2n) is 22.3. The van der Waals surface area contributed by atoms with Gasteiger partial charge in [-0.2, -0.15) is 0 Å². The molecule has 0 unspecified atom stereocenters. The number of aliphatic hydroxyl groups is 1. The number of fused-ring (bicyclic) bond motifs is 1. The number of carbonyl (C=O) groups excluding carboxylic acids is 8. The summed E-state index contributed by atoms with van der Waals surface area (Å²) in [6.45, 7) is 4.32. The normalized spacial score (nSPS) is 22.2. The summed E-state index contributed by atoms with van der Waals surface area (Å²) in [4.78, 5) is 119. The molecule has 8 rings (SSSR count). The number of nitrogens with zero attached hydrogens (tertiary/aromatic N) is 3. The molecule has 4 aliphatic carbocycles. The summed E-state index contributed by atoms with van der Waals surface area (Å²) in [7, 11) is 0. The predicted octanol–water partition coefficient (Wildman–Crippen LogP) is 1.74. The number of primary amides is 1. The lowest BCUT2D eigenvalue weighted by Crippen LogP contribution is -2.61. The van der Waals surface area contributed by atoms with Crippen molar-refractivity contribution < 1.29 is 48.6 Å². The van der Waals surface area contributed by atoms with Gasteiger partial charge in [0.1, 0.15) is 42.0 Å². The van der Waals surface area contributed by atoms with Crippen molar-refractivity contribution in [3.05, 3.63) is 72.3 Å². The Bertz CT molecular complexity index is 2640. The van der Waals surface area contributed by atoms with Crippen LogP contribution in [-0.2, 0) is 44.8 Å². The van der Waals surface area contributed by atoms with Gasteiger partial charge in [-0.1, -0.05) is 56.3 Å². The van der Waals surface area contributed by atoms with Crippen LogP contribution in [0, 0.1) is 29.1 Å². The molecule has 3 aromatic rings. The minimum atomic E-state index is -1.39. The van der Waals surface area contributed by atoms with Crippen LogP contribution < -0.4 is 48.7 Å². The van der Waals surface area contributed by atoms with Gasteiger partial charge in [0.15, 0.2) is 5.96 Å². The molecular weight excluding hydrogens is 987 g/mol. The number of phenolic OH excluding ortho intramolecular Hbond substituents is 1. The number of nitrogens with two attached hydrogens (primary N) is 3. The lowest BCUT2D eigenvalue weighted by molar-refractivity contribution is -0.142. The number of phenols is 1. The van der Waals surface area contributed by atoms with E-state index in [0.29, 0.717) is 41.8 Å². The molecule has 5 fully saturated rings. The molecule has 1 aliphatic heterocycles. The van der Waals surface area contributed by atoms with Crippen molar-refractivity contribution in [2.45, 2.75) is 140 Å². The first kappa shape index (κ1) is 57.4. The molecule has 21 nitrogen and oxygen atoms in total. The maximum atomic E-state index is 15.3. The highest BCUT2D eigenvalue weighted by molar-refractivity contribution is 6.06. The fourth-order valence-corrected chi connectivity index (χ4v) is 12.6. The molecule has 0 aromatic heterocycles. The molecular formula is C56H77N11O10. The minimum Gasteiger partial charge on any atom is -0.508 e. The number of hydrogen-bond donors (Lipinski definition) is 10. The van der Waals surface area contributed by atoms with Gasteiger partial charge in [0, 0.05) is 31.6 Å². The fourth-order valence-electron chi connectivity index (χ4n) is 12.6. The van der Waals surface area contributed by atoms with Gasteiger partial charge in [-0.15, -0.1) is 0 Å². The molecule has 1 saturated heterocycles. The standard InChI is InChI=1S/C56H77N11O10/c1-32(2)20-46(52(75)64-42(10-6-18-60-55(58)59)54(77)66-19-7-11-45(66)51(74)61-30-47(57)70)67(40-15-14-38-8-4-5-9-39(38)25-40)53(76)33(3)62-49(72)43(24-34-12-16-41(69)17-13-34)65-50(73)44(31-68)63-48(71)29-56-26-35-21-36(27-56)23-37(22-35)28-56/h4-5,8-9,12-17,25,32-33,35-37,42-46,68-69H,6-7,10-11,18-24,26-31H2,1-3H3,(H2,57,70)(H,61,74)(H,62,72)(H,63,71)(H,64,75)(H,65,73)(H4,58,59,60)/t33-,35?,36?,37?,42-,43-,44-,45-,46-,56?/m0/s1. The van der Waals surface area contributed by atoms with Gasteiger partial charge < -0.3 is 58.9 Å². The average molecular weight is 1060 g/mol. The van der Waals surface area contributed by atoms with Gasteiger partial charge in [-0.25, -0.2) is 0 Å². The highest BCUT2D eigenvalue weighted by Gasteiger charge is 2.52. The Morgan fingerprint density at radius 1 is 0.779 bits per heavy atom. The number of aliphatic hydroxyl groups excluding tert-OH is 1. The number of carbonyl (C=O) groups is 8. The molecule has 4 saturated carbocycles. The summed E-state index contributed by atoms with van der Waals surface area (Å²) in [6.07, 6.45) is 7.77. The van der Waals surface area contributed by atoms with Crippen LogP contribution in [0.3, 0.4) is 0 Å². The van der Waals surface area contributed by atoms with Crippen LogP contribution in [0.25, 0.3) is 10.8 Å². The molecule has 5 aliphatic rings. The van der Waals surface area contributed by atoms with Crippen LogP contribution >= 0.6 is 0 Å². The zero-order valence-electron chi connectivity index (χ0n) is 44.4. The van der Waals surface area contributed by atoms with E-state index in [1.54, 1.807) is 30.3 Å². The highest BCUT2D eigenvalue weighted by Crippen LogP contribution is 2.61. The maximum absolute atomic E-state index is 15.3. The molecule has 0 spiro atoms. The van der Waals surface area contributed by atoms with Gasteiger partial charge in [0.2, 0.25) is 47.3 Å². The van der Waals surface area contributed by atoms with Crippen molar-refractivity contribution in [1.82, 2.24) is 31.5 Å². The first-order valence-corrected chi connectivity index (χ1v) is 27.0. The van der Waals surface area contributed by atoms with E-state index in [-0.39, 0.29) is 74.1 Å². The number of hydrogen-bond acceptors (Lipinski definition) is 11. The quantitative estimate of drug-likeness (QED) is 0.0330. The third-order valence-corrected chi connectivity index (χ3v) is 15.7. The van der Waals surface area contributed by atoms with E-state index in [2.05, 4.69) is 31.6 Å². The molecule has 0 radical (unpaired) electrons. The predicted molar refractivity (Wildman–Crippen MR) is 289 cm³/mol. The number of amides is 8. The molecule has 4 bridgehead atoms. The maximum Gasteiger partial charge on any atom is 0.250 e. The molecule has 13 N–H and O–H groups in total. The van der Waals surface area contributed by atoms with E-state index < -0.39 is 90.8 Å². The monoisotopic (exact) mass is 1060 g/mol. The van der Waals surface area contributed by atoms with Crippen molar-refractivity contribution in [3.8, 4) is 5.75 Å². The average Bonchev–Trinajstić information content (AvgIpc) is 3.90. The number of aliphatic imine (C=N–C) groups is 1. The minimum absolute atomic E-state index is 0.0276. The summed E-state index contributed by atoms with van der Waals surface area (Å²) in [6, 6.07) is 11.1. The molecule has 1 heterocycles. The van der Waals surface area contributed by atoms with Gasteiger partial charge in [-0.05, 0) is 147 Å². The SMILES string of the molecule is CC(C)C[C@@H](C(=O)N[C@@H](CCCN=C(N)N)C(=O)N1CCC[C@H]1C(=O)NCC(N)=O)N(C(=O)[C@H](C)NC(=O)[C@H](Cc1ccc(O)cc1)NC(=O)[C@H](CO)NC(=O)CC12CC3CC(CC(C3)C1)C2)c1ccc2ccccc2c1. The topological polar surface area (TPSA) is 334 Å². The Labute approximate surface area is 449 Å². The first-order valence-electron chi connectivity index (χ1n) is 27.0. The van der Waals surface area contributed by atoms with Crippen molar-refractivity contribution in [1.29, 1.82) is 0 Å². The molecule has 6 atom stereocenters. The lowest BCUT2D eigenvalue weighted by atomic mass is 9.49. The third-order valence-electron chi connectivity index (χ3n) is 15.7. The van der Waals surface area contributed by atoms with Crippen LogP contribution in [0.2, 0.25) is 0 Å². The Morgan fingerprint density at radius 3 is 2.04 bits per heavy atom. The second kappa shape index (κ2) is 25.7. The smallest absolute Gasteiger partial charge is 0.250 e. The lowest BCUT2D eigenvalue weighted by Gasteiger charge is -2.56. The summed E-state index contributed by atoms with van der Waals surface area (Å²) in [5.74, 6) is -3.87. The van der Waals surface area contributed by atoms with Crippen LogP contribution in [0.1, 0.15) is 103 Å². The number of anilines is 1. The number of nitrogens with one attached hydrogen (secondary N) is 5. The second-order valence-corrected chi connectivity index (χ2v) is 22.3. The fraction of sp³-hybridized carbons (Fsp3) is 0.554. The van der Waals surface area contributed by atoms with Crippen LogP contribution in [-0.4, -0.2) is 131 Å². The van der Waals surface area contributed by atoms with E-state index in [9.17, 15) is 39.0 Å². The summed E-state index contributed by atoms with van der Waals surface area (Å²) in [5.41, 5.74) is 17.2. The number of aromatic hydroxyl groups is 1. The number of guanidine groups is 1. The van der Waals surface area contributed by atoms with Crippen LogP contribution in [0.15, 0.2) is 71.7 Å². The molecule has 8 amide bonds. The van der Waals surface area contributed by atoms with Crippen molar-refractivity contribution >= 4 is 69.7 Å². The first-order chi connectivity index (χ1) is 36.7. The van der Waals surface area contributed by atoms with Gasteiger partial charge >= 0.3 is 0 Å². The number of benzene rings is 3. The van der Waals surface area contributed by atoms with Gasteiger partial charge in [0.25, 0.3) is 0 Å². The number of rotatable bonds is 25. The van der Waals surface area contributed by atoms with E-state index in [1.165, 1.54) is 48.1 Å². The Balaban J connectivity index is 1.14. The molecule has 3 aromatic carbocycles. The van der Waals surface area contributed by atoms with E-state index >= 15 is 9.59 Å². The summed E-state index contributed by atoms with van der Waals surface area (Å²) in [5, 5.41) is 35.7. The molecule has 416 valence electrons. The van der Waals surface area contributed by atoms with E-state index in [4.69, 9.17) is 17.2 Å². The zero-order valence-corrected chi connectivity index (χ0v) is 44.4.